The molecule has 1 N–H and O–H groups in total. The van der Waals surface area contributed by atoms with E-state index in [-0.39, 0.29) is 11.3 Å². The van der Waals surface area contributed by atoms with E-state index in [1.54, 1.807) is 24.3 Å². The van der Waals surface area contributed by atoms with Gasteiger partial charge in [-0.3, -0.25) is 19.7 Å². The Balaban J connectivity index is 1.98. The first kappa shape index (κ1) is 16.8. The molecule has 0 aromatic heterocycles. The first-order valence-electron chi connectivity index (χ1n) is 6.82. The minimum Gasteiger partial charge on any atom is -0.427 e. The SMILES string of the molecule is CC(=O)Oc1ccc(C=NNC(=O)c2cccc([N+](=O)[O-])c2)cc1. The van der Waals surface area contributed by atoms with Crippen LogP contribution in [0.15, 0.2) is 53.6 Å². The molecule has 0 atom stereocenters. The van der Waals surface area contributed by atoms with Crippen molar-refractivity contribution in [1.82, 2.24) is 5.43 Å². The van der Waals surface area contributed by atoms with E-state index in [2.05, 4.69) is 10.5 Å². The summed E-state index contributed by atoms with van der Waals surface area (Å²) in [5.74, 6) is -0.576. The van der Waals surface area contributed by atoms with Gasteiger partial charge in [0.15, 0.2) is 0 Å². The second kappa shape index (κ2) is 7.63. The molecule has 0 aliphatic carbocycles. The number of carbonyl (C=O) groups is 2. The number of nitrogens with one attached hydrogen (secondary N) is 1. The van der Waals surface area contributed by atoms with E-state index in [1.807, 2.05) is 0 Å². The van der Waals surface area contributed by atoms with Crippen molar-refractivity contribution < 1.29 is 19.2 Å². The van der Waals surface area contributed by atoms with Gasteiger partial charge in [-0.25, -0.2) is 5.43 Å². The number of nitro benzene ring substituents is 1. The normalized spacial score (nSPS) is 10.4. The van der Waals surface area contributed by atoms with E-state index in [4.69, 9.17) is 4.74 Å². The summed E-state index contributed by atoms with van der Waals surface area (Å²) in [6, 6.07) is 11.8. The summed E-state index contributed by atoms with van der Waals surface area (Å²) < 4.78 is 4.89. The van der Waals surface area contributed by atoms with Gasteiger partial charge in [0.25, 0.3) is 11.6 Å². The summed E-state index contributed by atoms with van der Waals surface area (Å²) in [6.07, 6.45) is 1.40. The second-order valence-electron chi connectivity index (χ2n) is 4.67. The molecule has 0 saturated carbocycles. The fraction of sp³-hybridized carbons (Fsp3) is 0.0625. The van der Waals surface area contributed by atoms with Crippen LogP contribution in [-0.4, -0.2) is 23.0 Å². The standard InChI is InChI=1S/C16H13N3O5/c1-11(20)24-15-7-5-12(6-8-15)10-17-18-16(21)13-3-2-4-14(9-13)19(22)23/h2-10H,1H3,(H,18,21). The summed E-state index contributed by atoms with van der Waals surface area (Å²) in [7, 11) is 0. The zero-order chi connectivity index (χ0) is 17.5. The largest absolute Gasteiger partial charge is 0.427 e. The van der Waals surface area contributed by atoms with Gasteiger partial charge in [-0.1, -0.05) is 6.07 Å². The second-order valence-corrected chi connectivity index (χ2v) is 4.67. The third-order valence-corrected chi connectivity index (χ3v) is 2.84. The Bertz CT molecular complexity index is 800. The summed E-state index contributed by atoms with van der Waals surface area (Å²) >= 11 is 0. The topological polar surface area (TPSA) is 111 Å². The molecule has 0 heterocycles. The molecular formula is C16H13N3O5. The summed E-state index contributed by atoms with van der Waals surface area (Å²) in [5, 5.41) is 14.5. The van der Waals surface area contributed by atoms with Crippen molar-refractivity contribution in [3.05, 3.63) is 69.8 Å². The van der Waals surface area contributed by atoms with E-state index < -0.39 is 16.8 Å². The Hall–Kier alpha value is -3.55. The Morgan fingerprint density at radius 1 is 1.21 bits per heavy atom. The molecule has 2 aromatic rings. The molecule has 2 rings (SSSR count). The number of rotatable bonds is 5. The van der Waals surface area contributed by atoms with E-state index in [0.717, 1.165) is 0 Å². The van der Waals surface area contributed by atoms with Crippen molar-refractivity contribution in [3.63, 3.8) is 0 Å². The van der Waals surface area contributed by atoms with Crippen LogP contribution in [0.4, 0.5) is 5.69 Å². The molecule has 2 aromatic carbocycles. The van der Waals surface area contributed by atoms with Crippen LogP contribution in [0.2, 0.25) is 0 Å². The monoisotopic (exact) mass is 327 g/mol. The molecule has 0 unspecified atom stereocenters. The van der Waals surface area contributed by atoms with Crippen LogP contribution in [0.1, 0.15) is 22.8 Å². The number of nitrogens with zero attached hydrogens (tertiary/aromatic N) is 2. The molecule has 0 fully saturated rings. The van der Waals surface area contributed by atoms with Crippen LogP contribution in [0.25, 0.3) is 0 Å². The maximum absolute atomic E-state index is 11.9. The van der Waals surface area contributed by atoms with Gasteiger partial charge < -0.3 is 4.74 Å². The lowest BCUT2D eigenvalue weighted by atomic mass is 10.2. The van der Waals surface area contributed by atoms with E-state index in [0.29, 0.717) is 11.3 Å². The molecule has 8 nitrogen and oxygen atoms in total. The van der Waals surface area contributed by atoms with Gasteiger partial charge in [0.1, 0.15) is 5.75 Å². The third kappa shape index (κ3) is 4.73. The van der Waals surface area contributed by atoms with Gasteiger partial charge in [0.2, 0.25) is 0 Å². The van der Waals surface area contributed by atoms with E-state index in [1.165, 1.54) is 37.4 Å². The van der Waals surface area contributed by atoms with Gasteiger partial charge in [0.05, 0.1) is 11.1 Å². The smallest absolute Gasteiger partial charge is 0.308 e. The minimum absolute atomic E-state index is 0.131. The molecule has 24 heavy (non-hydrogen) atoms. The van der Waals surface area contributed by atoms with Gasteiger partial charge in [-0.15, -0.1) is 0 Å². The van der Waals surface area contributed by atoms with Crippen molar-refractivity contribution in [2.75, 3.05) is 0 Å². The average molecular weight is 327 g/mol. The van der Waals surface area contributed by atoms with Gasteiger partial charge in [-0.05, 0) is 35.9 Å². The first-order chi connectivity index (χ1) is 11.5. The zero-order valence-corrected chi connectivity index (χ0v) is 12.6. The third-order valence-electron chi connectivity index (χ3n) is 2.84. The molecule has 0 spiro atoms. The number of nitro groups is 1. The predicted octanol–water partition coefficient (Wildman–Crippen LogP) is 2.28. The van der Waals surface area contributed by atoms with Crippen molar-refractivity contribution >= 4 is 23.8 Å². The molecule has 0 saturated heterocycles. The number of esters is 1. The van der Waals surface area contributed by atoms with Crippen molar-refractivity contribution in [2.24, 2.45) is 5.10 Å². The number of non-ortho nitro benzene ring substituents is 1. The maximum atomic E-state index is 11.9. The quantitative estimate of drug-likeness (QED) is 0.298. The molecule has 0 bridgehead atoms. The molecule has 0 aliphatic rings. The molecule has 122 valence electrons. The fourth-order valence-electron chi connectivity index (χ4n) is 1.78. The minimum atomic E-state index is -0.579. The lowest BCUT2D eigenvalue weighted by Crippen LogP contribution is -2.17. The lowest BCUT2D eigenvalue weighted by Gasteiger charge is -2.01. The predicted molar refractivity (Wildman–Crippen MR) is 85.9 cm³/mol. The van der Waals surface area contributed by atoms with E-state index >= 15 is 0 Å². The maximum Gasteiger partial charge on any atom is 0.308 e. The van der Waals surface area contributed by atoms with Gasteiger partial charge in [-0.2, -0.15) is 5.10 Å². The highest BCUT2D eigenvalue weighted by Crippen LogP contribution is 2.13. The highest BCUT2D eigenvalue weighted by Gasteiger charge is 2.10. The van der Waals surface area contributed by atoms with E-state index in [9.17, 15) is 19.7 Å². The number of hydrogen-bond acceptors (Lipinski definition) is 6. The lowest BCUT2D eigenvalue weighted by molar-refractivity contribution is -0.384. The number of ether oxygens (including phenoxy) is 1. The van der Waals surface area contributed by atoms with Crippen molar-refractivity contribution in [1.29, 1.82) is 0 Å². The van der Waals surface area contributed by atoms with Crippen LogP contribution < -0.4 is 10.2 Å². The number of benzene rings is 2. The molecule has 0 radical (unpaired) electrons. The molecule has 0 aliphatic heterocycles. The molecule has 8 heteroatoms. The van der Waals surface area contributed by atoms with Crippen LogP contribution >= 0.6 is 0 Å². The number of hydrogen-bond donors (Lipinski definition) is 1. The highest BCUT2D eigenvalue weighted by atomic mass is 16.6. The summed E-state index contributed by atoms with van der Waals surface area (Å²) in [6.45, 7) is 1.30. The van der Waals surface area contributed by atoms with Crippen LogP contribution in [0.5, 0.6) is 5.75 Å². The van der Waals surface area contributed by atoms with Crippen LogP contribution in [0.3, 0.4) is 0 Å². The fourth-order valence-corrected chi connectivity index (χ4v) is 1.78. The Morgan fingerprint density at radius 3 is 2.54 bits per heavy atom. The Morgan fingerprint density at radius 2 is 1.92 bits per heavy atom. The summed E-state index contributed by atoms with van der Waals surface area (Å²) in [5.41, 5.74) is 2.91. The van der Waals surface area contributed by atoms with Crippen molar-refractivity contribution in [3.8, 4) is 5.75 Å². The Kier molecular flexibility index (Phi) is 5.35. The molecular weight excluding hydrogens is 314 g/mol. The summed E-state index contributed by atoms with van der Waals surface area (Å²) in [4.78, 5) is 32.8. The number of amides is 1. The highest BCUT2D eigenvalue weighted by molar-refractivity contribution is 5.95. The van der Waals surface area contributed by atoms with Crippen LogP contribution in [0, 0.1) is 10.1 Å². The number of carbonyl (C=O) groups excluding carboxylic acids is 2. The van der Waals surface area contributed by atoms with Crippen LogP contribution in [-0.2, 0) is 4.79 Å². The van der Waals surface area contributed by atoms with Gasteiger partial charge in [0, 0.05) is 24.6 Å². The zero-order valence-electron chi connectivity index (χ0n) is 12.6. The number of hydrazone groups is 1. The molecule has 1 amide bonds. The average Bonchev–Trinajstić information content (AvgIpc) is 2.56. The van der Waals surface area contributed by atoms with Gasteiger partial charge >= 0.3 is 5.97 Å². The first-order valence-corrected chi connectivity index (χ1v) is 6.82. The Labute approximate surface area is 136 Å². The van der Waals surface area contributed by atoms with Crippen molar-refractivity contribution in [2.45, 2.75) is 6.92 Å².